The number of benzene rings is 2. The van der Waals surface area contributed by atoms with Crippen LogP contribution in [0.1, 0.15) is 59.8 Å². The Labute approximate surface area is 188 Å². The van der Waals surface area contributed by atoms with Gasteiger partial charge in [-0.15, -0.1) is 0 Å². The summed E-state index contributed by atoms with van der Waals surface area (Å²) in [6, 6.07) is 10.3. The maximum absolute atomic E-state index is 13.6. The lowest BCUT2D eigenvalue weighted by Crippen LogP contribution is -2.51. The first-order valence-corrected chi connectivity index (χ1v) is 11.7. The van der Waals surface area contributed by atoms with Gasteiger partial charge >= 0.3 is 0 Å². The molecule has 5 rings (SSSR count). The van der Waals surface area contributed by atoms with Crippen LogP contribution >= 0.6 is 0 Å². The Morgan fingerprint density at radius 2 is 1.69 bits per heavy atom. The number of rotatable bonds is 4. The summed E-state index contributed by atoms with van der Waals surface area (Å²) < 4.78 is 13.6. The first-order chi connectivity index (χ1) is 15.4. The number of anilines is 1. The van der Waals surface area contributed by atoms with Gasteiger partial charge in [0.25, 0.3) is 5.91 Å². The molecule has 0 aromatic heterocycles. The van der Waals surface area contributed by atoms with E-state index in [0.29, 0.717) is 30.4 Å². The van der Waals surface area contributed by atoms with Gasteiger partial charge in [-0.2, -0.15) is 0 Å². The first-order valence-electron chi connectivity index (χ1n) is 11.7. The van der Waals surface area contributed by atoms with Crippen molar-refractivity contribution in [2.75, 3.05) is 31.1 Å². The molecule has 6 heteroatoms. The van der Waals surface area contributed by atoms with E-state index in [-0.39, 0.29) is 30.1 Å². The third-order valence-electron chi connectivity index (χ3n) is 7.25. The van der Waals surface area contributed by atoms with E-state index >= 15 is 0 Å². The number of hydrogen-bond donors (Lipinski definition) is 0. The van der Waals surface area contributed by atoms with Crippen molar-refractivity contribution in [3.05, 3.63) is 64.5 Å². The molecular weight excluding hydrogens is 405 g/mol. The van der Waals surface area contributed by atoms with Crippen LogP contribution in [-0.4, -0.2) is 53.8 Å². The van der Waals surface area contributed by atoms with Crippen LogP contribution in [0.15, 0.2) is 36.4 Å². The van der Waals surface area contributed by atoms with Crippen molar-refractivity contribution in [2.24, 2.45) is 0 Å². The standard InChI is InChI=1S/C26H30FN3O2/c1-17(2)28-10-12-29(13-11-28)25(31)16-24-22-14-18-4-3-5-19(18)15-23(22)26(32)30(24)21-8-6-20(27)7-9-21/h6-9,14-15,17,24H,3-5,10-13,16H2,1-2H3. The predicted molar refractivity (Wildman–Crippen MR) is 122 cm³/mol. The van der Waals surface area contributed by atoms with Crippen LogP contribution in [0.2, 0.25) is 0 Å². The molecule has 0 saturated carbocycles. The van der Waals surface area contributed by atoms with Gasteiger partial charge in [0.2, 0.25) is 5.91 Å². The normalized spacial score (nSPS) is 20.8. The molecule has 2 aromatic rings. The summed E-state index contributed by atoms with van der Waals surface area (Å²) in [5, 5.41) is 0. The summed E-state index contributed by atoms with van der Waals surface area (Å²) in [5.74, 6) is -0.358. The van der Waals surface area contributed by atoms with Crippen molar-refractivity contribution < 1.29 is 14.0 Å². The minimum Gasteiger partial charge on any atom is -0.340 e. The number of nitrogens with zero attached hydrogens (tertiary/aromatic N) is 3. The summed E-state index contributed by atoms with van der Waals surface area (Å²) in [4.78, 5) is 32.8. The van der Waals surface area contributed by atoms with Crippen LogP contribution in [0.3, 0.4) is 0 Å². The fraction of sp³-hybridized carbons (Fsp3) is 0.462. The van der Waals surface area contributed by atoms with Gasteiger partial charge in [0.1, 0.15) is 5.82 Å². The second-order valence-electron chi connectivity index (χ2n) is 9.44. The smallest absolute Gasteiger partial charge is 0.259 e. The largest absolute Gasteiger partial charge is 0.340 e. The Morgan fingerprint density at radius 1 is 1.03 bits per heavy atom. The maximum Gasteiger partial charge on any atom is 0.259 e. The fourth-order valence-corrected chi connectivity index (χ4v) is 5.40. The third-order valence-corrected chi connectivity index (χ3v) is 7.25. The fourth-order valence-electron chi connectivity index (χ4n) is 5.40. The van der Waals surface area contributed by atoms with Crippen LogP contribution in [0, 0.1) is 5.82 Å². The highest BCUT2D eigenvalue weighted by molar-refractivity contribution is 6.11. The van der Waals surface area contributed by atoms with Crippen LogP contribution in [-0.2, 0) is 17.6 Å². The molecule has 0 N–H and O–H groups in total. The molecule has 168 valence electrons. The highest BCUT2D eigenvalue weighted by atomic mass is 19.1. The molecule has 2 aliphatic heterocycles. The Bertz CT molecular complexity index is 1040. The van der Waals surface area contributed by atoms with Crippen molar-refractivity contribution in [3.8, 4) is 0 Å². The topological polar surface area (TPSA) is 43.9 Å². The summed E-state index contributed by atoms with van der Waals surface area (Å²) in [6.45, 7) is 7.53. The molecular formula is C26H30FN3O2. The van der Waals surface area contributed by atoms with Gasteiger partial charge in [0.15, 0.2) is 0 Å². The van der Waals surface area contributed by atoms with E-state index in [9.17, 15) is 14.0 Å². The highest BCUT2D eigenvalue weighted by Crippen LogP contribution is 2.42. The van der Waals surface area contributed by atoms with E-state index < -0.39 is 0 Å². The van der Waals surface area contributed by atoms with Gasteiger partial charge < -0.3 is 9.80 Å². The zero-order valence-electron chi connectivity index (χ0n) is 18.8. The van der Waals surface area contributed by atoms with Crippen LogP contribution in [0.5, 0.6) is 0 Å². The number of piperazine rings is 1. The number of carbonyl (C=O) groups excluding carboxylic acids is 2. The van der Waals surface area contributed by atoms with E-state index in [1.165, 1.54) is 23.3 Å². The summed E-state index contributed by atoms with van der Waals surface area (Å²) >= 11 is 0. The lowest BCUT2D eigenvalue weighted by Gasteiger charge is -2.37. The lowest BCUT2D eigenvalue weighted by atomic mass is 9.96. The van der Waals surface area contributed by atoms with Crippen LogP contribution < -0.4 is 4.90 Å². The molecule has 1 saturated heterocycles. The maximum atomic E-state index is 13.6. The number of halogens is 1. The summed E-state index contributed by atoms with van der Waals surface area (Å²) in [7, 11) is 0. The molecule has 2 aromatic carbocycles. The van der Waals surface area contributed by atoms with Crippen molar-refractivity contribution in [3.63, 3.8) is 0 Å². The van der Waals surface area contributed by atoms with Gasteiger partial charge in [-0.3, -0.25) is 14.5 Å². The predicted octanol–water partition coefficient (Wildman–Crippen LogP) is 3.96. The minimum atomic E-state index is -0.357. The van der Waals surface area contributed by atoms with Crippen LogP contribution in [0.4, 0.5) is 10.1 Å². The van der Waals surface area contributed by atoms with Crippen LogP contribution in [0.25, 0.3) is 0 Å². The van der Waals surface area contributed by atoms with Gasteiger partial charge in [-0.25, -0.2) is 4.39 Å². The molecule has 5 nitrogen and oxygen atoms in total. The molecule has 0 radical (unpaired) electrons. The molecule has 1 aliphatic carbocycles. The minimum absolute atomic E-state index is 0.0756. The molecule has 2 heterocycles. The quantitative estimate of drug-likeness (QED) is 0.730. The Kier molecular flexibility index (Phi) is 5.49. The zero-order chi connectivity index (χ0) is 22.4. The molecule has 1 unspecified atom stereocenters. The average Bonchev–Trinajstić information content (AvgIpc) is 3.35. The number of hydrogen-bond acceptors (Lipinski definition) is 3. The van der Waals surface area contributed by atoms with Crippen molar-refractivity contribution >= 4 is 17.5 Å². The molecule has 0 bridgehead atoms. The Morgan fingerprint density at radius 3 is 2.34 bits per heavy atom. The number of fused-ring (bicyclic) bond motifs is 2. The number of aryl methyl sites for hydroxylation is 2. The molecule has 32 heavy (non-hydrogen) atoms. The Hall–Kier alpha value is -2.73. The van der Waals surface area contributed by atoms with Gasteiger partial charge in [-0.1, -0.05) is 6.07 Å². The molecule has 0 spiro atoms. The van der Waals surface area contributed by atoms with Crippen molar-refractivity contribution in [1.29, 1.82) is 0 Å². The van der Waals surface area contributed by atoms with Gasteiger partial charge in [0.05, 0.1) is 12.5 Å². The van der Waals surface area contributed by atoms with E-state index in [4.69, 9.17) is 0 Å². The van der Waals surface area contributed by atoms with Gasteiger partial charge in [-0.05, 0) is 80.1 Å². The molecule has 2 amide bonds. The highest BCUT2D eigenvalue weighted by Gasteiger charge is 2.40. The first kappa shape index (κ1) is 21.1. The van der Waals surface area contributed by atoms with Crippen molar-refractivity contribution in [2.45, 2.75) is 51.6 Å². The van der Waals surface area contributed by atoms with Crippen molar-refractivity contribution in [1.82, 2.24) is 9.80 Å². The lowest BCUT2D eigenvalue weighted by molar-refractivity contribution is -0.133. The van der Waals surface area contributed by atoms with E-state index in [2.05, 4.69) is 24.8 Å². The van der Waals surface area contributed by atoms with E-state index in [0.717, 1.165) is 37.9 Å². The molecule has 3 aliphatic rings. The van der Waals surface area contributed by atoms with Gasteiger partial charge in [0, 0.05) is 43.5 Å². The second-order valence-corrected chi connectivity index (χ2v) is 9.44. The third kappa shape index (κ3) is 3.71. The molecule has 1 fully saturated rings. The average molecular weight is 436 g/mol. The monoisotopic (exact) mass is 435 g/mol. The Balaban J connectivity index is 1.44. The van der Waals surface area contributed by atoms with E-state index in [1.807, 2.05) is 11.0 Å². The summed E-state index contributed by atoms with van der Waals surface area (Å²) in [5.41, 5.74) is 4.80. The van der Waals surface area contributed by atoms with E-state index in [1.54, 1.807) is 17.0 Å². The summed E-state index contributed by atoms with van der Waals surface area (Å²) in [6.07, 6.45) is 3.37. The number of amides is 2. The second kappa shape index (κ2) is 8.32. The SMILES string of the molecule is CC(C)N1CCN(C(=O)CC2c3cc4c(cc3C(=O)N2c2ccc(F)cc2)CCC4)CC1. The zero-order valence-corrected chi connectivity index (χ0v) is 18.8. The number of carbonyl (C=O) groups is 2. The molecule has 1 atom stereocenters.